The van der Waals surface area contributed by atoms with Gasteiger partial charge < -0.3 is 20.5 Å². The van der Waals surface area contributed by atoms with Gasteiger partial charge in [-0.1, -0.05) is 0 Å². The van der Waals surface area contributed by atoms with Crippen LogP contribution in [0.1, 0.15) is 26.7 Å². The second-order valence-electron chi connectivity index (χ2n) is 4.38. The van der Waals surface area contributed by atoms with Crippen LogP contribution in [0.25, 0.3) is 0 Å². The van der Waals surface area contributed by atoms with E-state index in [-0.39, 0.29) is 0 Å². The first kappa shape index (κ1) is 12.8. The monoisotopic (exact) mass is 230 g/mol. The van der Waals surface area contributed by atoms with Gasteiger partial charge in [-0.25, -0.2) is 4.79 Å². The zero-order valence-corrected chi connectivity index (χ0v) is 9.58. The number of carboxylic acids is 1. The molecule has 1 fully saturated rings. The third-order valence-corrected chi connectivity index (χ3v) is 2.57. The molecule has 0 spiro atoms. The summed E-state index contributed by atoms with van der Waals surface area (Å²) in [6.07, 6.45) is 1.73. The van der Waals surface area contributed by atoms with Gasteiger partial charge in [0, 0.05) is 6.61 Å². The Morgan fingerprint density at radius 1 is 1.50 bits per heavy atom. The van der Waals surface area contributed by atoms with Crippen molar-refractivity contribution in [3.63, 3.8) is 0 Å². The first-order valence-corrected chi connectivity index (χ1v) is 5.32. The average Bonchev–Trinajstić information content (AvgIpc) is 2.17. The topological polar surface area (TPSA) is 87.7 Å². The summed E-state index contributed by atoms with van der Waals surface area (Å²) < 4.78 is 5.28. The lowest BCUT2D eigenvalue weighted by atomic mass is 9.95. The summed E-state index contributed by atoms with van der Waals surface area (Å²) in [6.45, 7) is 4.48. The number of carboxylic acid groups (broad SMARTS) is 1. The lowest BCUT2D eigenvalue weighted by Crippen LogP contribution is -2.56. The van der Waals surface area contributed by atoms with E-state index in [0.29, 0.717) is 13.2 Å². The molecule has 0 aromatic carbocycles. The number of nitrogens with one attached hydrogen (secondary N) is 2. The van der Waals surface area contributed by atoms with Gasteiger partial charge in [0.25, 0.3) is 0 Å². The van der Waals surface area contributed by atoms with Crippen LogP contribution in [0.5, 0.6) is 0 Å². The molecule has 1 aliphatic rings. The highest BCUT2D eigenvalue weighted by Gasteiger charge is 2.29. The number of carbonyl (C=O) groups is 2. The van der Waals surface area contributed by atoms with Crippen molar-refractivity contribution in [2.75, 3.05) is 13.2 Å². The van der Waals surface area contributed by atoms with E-state index in [1.165, 1.54) is 6.92 Å². The first-order chi connectivity index (χ1) is 7.43. The molecule has 1 heterocycles. The molecule has 3 N–H and O–H groups in total. The third kappa shape index (κ3) is 3.69. The molecule has 92 valence electrons. The largest absolute Gasteiger partial charge is 0.480 e. The van der Waals surface area contributed by atoms with Crippen LogP contribution in [0.3, 0.4) is 0 Å². The van der Waals surface area contributed by atoms with Crippen LogP contribution in [0, 0.1) is 0 Å². The number of rotatable bonds is 3. The fraction of sp³-hybridized carbons (Fsp3) is 0.800. The highest BCUT2D eigenvalue weighted by molar-refractivity contribution is 5.82. The van der Waals surface area contributed by atoms with E-state index in [4.69, 9.17) is 9.84 Å². The zero-order chi connectivity index (χ0) is 12.2. The molecule has 1 rings (SSSR count). The lowest BCUT2D eigenvalue weighted by Gasteiger charge is -2.34. The molecule has 2 atom stereocenters. The van der Waals surface area contributed by atoms with Crippen molar-refractivity contribution in [3.05, 3.63) is 0 Å². The van der Waals surface area contributed by atoms with Gasteiger partial charge in [0.2, 0.25) is 0 Å². The van der Waals surface area contributed by atoms with Crippen molar-refractivity contribution in [2.45, 2.75) is 38.3 Å². The predicted molar refractivity (Wildman–Crippen MR) is 57.2 cm³/mol. The lowest BCUT2D eigenvalue weighted by molar-refractivity contribution is -0.138. The van der Waals surface area contributed by atoms with Gasteiger partial charge in [-0.2, -0.15) is 0 Å². The van der Waals surface area contributed by atoms with E-state index in [9.17, 15) is 9.59 Å². The minimum Gasteiger partial charge on any atom is -0.480 e. The quantitative estimate of drug-likeness (QED) is 0.652. The summed E-state index contributed by atoms with van der Waals surface area (Å²) in [5.41, 5.74) is -0.402. The Kier molecular flexibility index (Phi) is 4.12. The molecular formula is C10H18N2O4. The molecule has 6 heteroatoms. The molecule has 0 bridgehead atoms. The summed E-state index contributed by atoms with van der Waals surface area (Å²) in [6, 6.07) is -1.36. The molecule has 1 unspecified atom stereocenters. The number of amides is 2. The van der Waals surface area contributed by atoms with Crippen LogP contribution < -0.4 is 10.6 Å². The molecule has 0 radical (unpaired) electrons. The molecule has 1 aliphatic heterocycles. The Morgan fingerprint density at radius 3 is 2.69 bits per heavy atom. The maximum absolute atomic E-state index is 11.5. The van der Waals surface area contributed by atoms with Crippen molar-refractivity contribution in [2.24, 2.45) is 0 Å². The molecule has 16 heavy (non-hydrogen) atoms. The van der Waals surface area contributed by atoms with Gasteiger partial charge in [0.05, 0.1) is 12.1 Å². The fourth-order valence-corrected chi connectivity index (χ4v) is 1.60. The summed E-state index contributed by atoms with van der Waals surface area (Å²) >= 11 is 0. The van der Waals surface area contributed by atoms with Crippen LogP contribution in [0.2, 0.25) is 0 Å². The van der Waals surface area contributed by atoms with Gasteiger partial charge in [0.1, 0.15) is 6.04 Å². The maximum atomic E-state index is 11.5. The van der Waals surface area contributed by atoms with Gasteiger partial charge in [-0.15, -0.1) is 0 Å². The number of urea groups is 1. The number of hydrogen-bond acceptors (Lipinski definition) is 3. The fourth-order valence-electron chi connectivity index (χ4n) is 1.60. The summed E-state index contributed by atoms with van der Waals surface area (Å²) in [5.74, 6) is -1.06. The third-order valence-electron chi connectivity index (χ3n) is 2.57. The predicted octanol–water partition coefficient (Wildman–Crippen LogP) is 0.328. The van der Waals surface area contributed by atoms with Crippen LogP contribution in [0.4, 0.5) is 4.79 Å². The molecule has 0 aromatic heterocycles. The van der Waals surface area contributed by atoms with Crippen LogP contribution >= 0.6 is 0 Å². The van der Waals surface area contributed by atoms with Crippen LogP contribution in [-0.2, 0) is 9.53 Å². The number of carbonyl (C=O) groups excluding carboxylic acids is 1. The highest BCUT2D eigenvalue weighted by atomic mass is 16.5. The van der Waals surface area contributed by atoms with E-state index in [1.54, 1.807) is 0 Å². The maximum Gasteiger partial charge on any atom is 0.325 e. The van der Waals surface area contributed by atoms with Gasteiger partial charge in [-0.3, -0.25) is 4.79 Å². The van der Waals surface area contributed by atoms with Crippen molar-refractivity contribution in [3.8, 4) is 0 Å². The Balaban J connectivity index is 2.41. The summed E-state index contributed by atoms with van der Waals surface area (Å²) in [5, 5.41) is 13.7. The Bertz CT molecular complexity index is 274. The van der Waals surface area contributed by atoms with Gasteiger partial charge >= 0.3 is 12.0 Å². The number of ether oxygens (including phenoxy) is 1. The normalized spacial score (nSPS) is 26.9. The van der Waals surface area contributed by atoms with E-state index in [0.717, 1.165) is 12.8 Å². The van der Waals surface area contributed by atoms with Crippen LogP contribution in [0.15, 0.2) is 0 Å². The van der Waals surface area contributed by atoms with Crippen molar-refractivity contribution in [1.82, 2.24) is 10.6 Å². The molecule has 0 aliphatic carbocycles. The standard InChI is InChI=1S/C10H18N2O4/c1-7(8(13)14)11-9(15)12-10(2)4-3-5-16-6-10/h7H,3-6H2,1-2H3,(H,13,14)(H2,11,12,15)/t7-,10?/m1/s1. The van der Waals surface area contributed by atoms with Gasteiger partial charge in [0.15, 0.2) is 0 Å². The molecule has 0 saturated carbocycles. The number of hydrogen-bond donors (Lipinski definition) is 3. The molecule has 1 saturated heterocycles. The highest BCUT2D eigenvalue weighted by Crippen LogP contribution is 2.17. The molecule has 6 nitrogen and oxygen atoms in total. The van der Waals surface area contributed by atoms with Gasteiger partial charge in [-0.05, 0) is 26.7 Å². The molecular weight excluding hydrogens is 212 g/mol. The van der Waals surface area contributed by atoms with Crippen molar-refractivity contribution in [1.29, 1.82) is 0 Å². The Labute approximate surface area is 94.3 Å². The molecule has 2 amide bonds. The number of aliphatic carboxylic acids is 1. The second kappa shape index (κ2) is 5.16. The summed E-state index contributed by atoms with van der Waals surface area (Å²) in [7, 11) is 0. The van der Waals surface area contributed by atoms with E-state index >= 15 is 0 Å². The van der Waals surface area contributed by atoms with E-state index in [2.05, 4.69) is 10.6 Å². The van der Waals surface area contributed by atoms with Crippen molar-refractivity contribution >= 4 is 12.0 Å². The van der Waals surface area contributed by atoms with E-state index in [1.807, 2.05) is 6.92 Å². The van der Waals surface area contributed by atoms with Crippen LogP contribution in [-0.4, -0.2) is 41.9 Å². The van der Waals surface area contributed by atoms with E-state index < -0.39 is 23.6 Å². The Hall–Kier alpha value is -1.30. The van der Waals surface area contributed by atoms with Crippen molar-refractivity contribution < 1.29 is 19.4 Å². The Morgan fingerprint density at radius 2 is 2.19 bits per heavy atom. The summed E-state index contributed by atoms with van der Waals surface area (Å²) in [4.78, 5) is 22.0. The average molecular weight is 230 g/mol. The second-order valence-corrected chi connectivity index (χ2v) is 4.38. The first-order valence-electron chi connectivity index (χ1n) is 5.32. The minimum atomic E-state index is -1.06. The minimum absolute atomic E-state index is 0.402. The smallest absolute Gasteiger partial charge is 0.325 e. The SMILES string of the molecule is C[C@@H](NC(=O)NC1(C)CCCOC1)C(=O)O. The molecule has 0 aromatic rings. The zero-order valence-electron chi connectivity index (χ0n) is 9.58.